The van der Waals surface area contributed by atoms with E-state index in [4.69, 9.17) is 4.74 Å². The molecule has 0 radical (unpaired) electrons. The number of alkyl halides is 3. The minimum Gasteiger partial charge on any atom is -0.378 e. The molecule has 3 heterocycles. The summed E-state index contributed by atoms with van der Waals surface area (Å²) in [6.45, 7) is 4.93. The molecule has 0 aliphatic carbocycles. The Hall–Kier alpha value is -2.09. The molecule has 1 N–H and O–H groups in total. The van der Waals surface area contributed by atoms with Crippen LogP contribution >= 0.6 is 0 Å². The Labute approximate surface area is 187 Å². The molecule has 2 saturated heterocycles. The van der Waals surface area contributed by atoms with E-state index in [1.807, 2.05) is 18.2 Å². The maximum atomic E-state index is 13.5. The van der Waals surface area contributed by atoms with Crippen molar-refractivity contribution < 1.29 is 17.9 Å². The molecule has 7 heteroatoms. The number of nitrogens with zero attached hydrogens (tertiary/aromatic N) is 2. The fourth-order valence-corrected chi connectivity index (χ4v) is 5.38. The smallest absolute Gasteiger partial charge is 0.378 e. The SMILES string of the molecule is CN1CCN(C[C@H]2CC[C@@H]3[C@H](O2)c2cc(C(F)(F)F)ccc2N[C@H]3c2ccccc2)CC1. The lowest BCUT2D eigenvalue weighted by Crippen LogP contribution is -2.49. The van der Waals surface area contributed by atoms with Gasteiger partial charge in [0.1, 0.15) is 0 Å². The predicted molar refractivity (Wildman–Crippen MR) is 119 cm³/mol. The van der Waals surface area contributed by atoms with Crippen molar-refractivity contribution in [2.75, 3.05) is 45.1 Å². The number of likely N-dealkylation sites (N-methyl/N-ethyl adjacent to an activating group) is 1. The molecule has 2 aromatic carbocycles. The van der Waals surface area contributed by atoms with Crippen molar-refractivity contribution in [3.8, 4) is 0 Å². The van der Waals surface area contributed by atoms with Gasteiger partial charge in [-0.05, 0) is 43.7 Å². The van der Waals surface area contributed by atoms with E-state index in [2.05, 4.69) is 34.3 Å². The zero-order valence-electron chi connectivity index (χ0n) is 18.3. The molecule has 0 unspecified atom stereocenters. The lowest BCUT2D eigenvalue weighted by Gasteiger charge is -2.47. The first-order valence-electron chi connectivity index (χ1n) is 11.5. The first kappa shape index (κ1) is 21.7. The van der Waals surface area contributed by atoms with E-state index in [1.165, 1.54) is 12.1 Å². The van der Waals surface area contributed by atoms with E-state index in [0.29, 0.717) is 5.56 Å². The van der Waals surface area contributed by atoms with Gasteiger partial charge in [-0.3, -0.25) is 4.90 Å². The van der Waals surface area contributed by atoms with Gasteiger partial charge in [0.25, 0.3) is 0 Å². The fourth-order valence-electron chi connectivity index (χ4n) is 5.38. The standard InChI is InChI=1S/C25H30F3N3O/c1-30-11-13-31(14-12-30)16-19-8-9-20-23(17-5-3-2-4-6-17)29-22-10-7-18(25(26,27)28)15-21(22)24(20)32-19/h2-7,10,15,19-20,23-24,29H,8-9,11-14,16H2,1H3/t19-,20+,23+,24+/m1/s1. The number of benzene rings is 2. The van der Waals surface area contributed by atoms with E-state index in [-0.39, 0.29) is 24.2 Å². The van der Waals surface area contributed by atoms with Crippen molar-refractivity contribution in [2.24, 2.45) is 5.92 Å². The van der Waals surface area contributed by atoms with Gasteiger partial charge in [0.05, 0.1) is 23.8 Å². The topological polar surface area (TPSA) is 27.7 Å². The maximum absolute atomic E-state index is 13.5. The van der Waals surface area contributed by atoms with E-state index in [0.717, 1.165) is 56.8 Å². The third-order valence-electron chi connectivity index (χ3n) is 7.19. The van der Waals surface area contributed by atoms with Crippen LogP contribution in [0.2, 0.25) is 0 Å². The summed E-state index contributed by atoms with van der Waals surface area (Å²) in [5, 5.41) is 3.53. The Morgan fingerprint density at radius 1 is 1.00 bits per heavy atom. The van der Waals surface area contributed by atoms with E-state index in [9.17, 15) is 13.2 Å². The predicted octanol–water partition coefficient (Wildman–Crippen LogP) is 4.96. The second-order valence-electron chi connectivity index (χ2n) is 9.36. The van der Waals surface area contributed by atoms with Crippen LogP contribution < -0.4 is 5.32 Å². The molecule has 32 heavy (non-hydrogen) atoms. The number of ether oxygens (including phenoxy) is 1. The number of nitrogens with one attached hydrogen (secondary N) is 1. The number of hydrogen-bond donors (Lipinski definition) is 1. The van der Waals surface area contributed by atoms with Crippen LogP contribution in [0.25, 0.3) is 0 Å². The third kappa shape index (κ3) is 4.38. The van der Waals surface area contributed by atoms with Gasteiger partial charge in [0.2, 0.25) is 0 Å². The summed E-state index contributed by atoms with van der Waals surface area (Å²) in [6.07, 6.45) is -2.83. The summed E-state index contributed by atoms with van der Waals surface area (Å²) in [5.74, 6) is 0.0946. The molecule has 3 aliphatic heterocycles. The molecule has 0 aromatic heterocycles. The first-order valence-corrected chi connectivity index (χ1v) is 11.5. The van der Waals surface area contributed by atoms with Gasteiger partial charge < -0.3 is 15.0 Å². The van der Waals surface area contributed by atoms with Gasteiger partial charge >= 0.3 is 6.18 Å². The molecule has 2 aromatic rings. The molecule has 0 spiro atoms. The maximum Gasteiger partial charge on any atom is 0.416 e. The lowest BCUT2D eigenvalue weighted by atomic mass is 9.76. The molecule has 4 atom stereocenters. The summed E-state index contributed by atoms with van der Waals surface area (Å²) < 4.78 is 47.0. The van der Waals surface area contributed by atoms with Crippen molar-refractivity contribution in [3.05, 3.63) is 65.2 Å². The Kier molecular flexibility index (Phi) is 5.90. The largest absolute Gasteiger partial charge is 0.416 e. The Morgan fingerprint density at radius 2 is 1.75 bits per heavy atom. The highest BCUT2D eigenvalue weighted by Crippen LogP contribution is 2.51. The molecule has 0 amide bonds. The number of fused-ring (bicyclic) bond motifs is 3. The summed E-state index contributed by atoms with van der Waals surface area (Å²) in [5.41, 5.74) is 1.92. The number of halogens is 3. The Balaban J connectivity index is 1.43. The summed E-state index contributed by atoms with van der Waals surface area (Å²) in [4.78, 5) is 4.74. The summed E-state index contributed by atoms with van der Waals surface area (Å²) in [7, 11) is 2.13. The van der Waals surface area contributed by atoms with Crippen LogP contribution in [-0.2, 0) is 10.9 Å². The van der Waals surface area contributed by atoms with Gasteiger partial charge in [-0.15, -0.1) is 0 Å². The molecule has 0 saturated carbocycles. The highest BCUT2D eigenvalue weighted by Gasteiger charge is 2.43. The summed E-state index contributed by atoms with van der Waals surface area (Å²) >= 11 is 0. The van der Waals surface area contributed by atoms with Crippen molar-refractivity contribution in [1.82, 2.24) is 9.80 Å². The minimum absolute atomic E-state index is 0.0232. The zero-order chi connectivity index (χ0) is 22.3. The zero-order valence-corrected chi connectivity index (χ0v) is 18.3. The molecule has 172 valence electrons. The molecule has 3 aliphatic rings. The van der Waals surface area contributed by atoms with E-state index < -0.39 is 11.7 Å². The Morgan fingerprint density at radius 3 is 2.47 bits per heavy atom. The van der Waals surface area contributed by atoms with Crippen molar-refractivity contribution in [2.45, 2.75) is 37.3 Å². The lowest BCUT2D eigenvalue weighted by molar-refractivity contribution is -0.138. The highest BCUT2D eigenvalue weighted by atomic mass is 19.4. The highest BCUT2D eigenvalue weighted by molar-refractivity contribution is 5.58. The van der Waals surface area contributed by atoms with Gasteiger partial charge in [0, 0.05) is 49.9 Å². The van der Waals surface area contributed by atoms with Gasteiger partial charge in [-0.1, -0.05) is 30.3 Å². The minimum atomic E-state index is -4.37. The molecule has 5 rings (SSSR count). The van der Waals surface area contributed by atoms with Crippen molar-refractivity contribution in [3.63, 3.8) is 0 Å². The van der Waals surface area contributed by atoms with Crippen molar-refractivity contribution >= 4 is 5.69 Å². The second-order valence-corrected chi connectivity index (χ2v) is 9.36. The number of rotatable bonds is 3. The van der Waals surface area contributed by atoms with Crippen LogP contribution in [0, 0.1) is 5.92 Å². The number of anilines is 1. The number of piperazine rings is 1. The van der Waals surface area contributed by atoms with E-state index >= 15 is 0 Å². The van der Waals surface area contributed by atoms with Crippen LogP contribution in [0.3, 0.4) is 0 Å². The average Bonchev–Trinajstić information content (AvgIpc) is 2.79. The van der Waals surface area contributed by atoms with E-state index in [1.54, 1.807) is 6.07 Å². The van der Waals surface area contributed by atoms with Crippen LogP contribution in [0.1, 0.15) is 41.7 Å². The monoisotopic (exact) mass is 445 g/mol. The second kappa shape index (κ2) is 8.69. The van der Waals surface area contributed by atoms with Gasteiger partial charge in [0.15, 0.2) is 0 Å². The third-order valence-corrected chi connectivity index (χ3v) is 7.19. The van der Waals surface area contributed by atoms with Crippen LogP contribution in [0.4, 0.5) is 18.9 Å². The first-order chi connectivity index (χ1) is 15.4. The summed E-state index contributed by atoms with van der Waals surface area (Å²) in [6, 6.07) is 14.2. The van der Waals surface area contributed by atoms with Crippen LogP contribution in [0.5, 0.6) is 0 Å². The number of hydrogen-bond acceptors (Lipinski definition) is 4. The quantitative estimate of drug-likeness (QED) is 0.723. The molecule has 2 fully saturated rings. The van der Waals surface area contributed by atoms with Gasteiger partial charge in [-0.25, -0.2) is 0 Å². The molecular weight excluding hydrogens is 415 g/mol. The van der Waals surface area contributed by atoms with Crippen LogP contribution in [-0.4, -0.2) is 55.7 Å². The average molecular weight is 446 g/mol. The molecule has 4 nitrogen and oxygen atoms in total. The van der Waals surface area contributed by atoms with Gasteiger partial charge in [-0.2, -0.15) is 13.2 Å². The molecular formula is C25H30F3N3O. The Bertz CT molecular complexity index is 928. The van der Waals surface area contributed by atoms with Crippen LogP contribution in [0.15, 0.2) is 48.5 Å². The van der Waals surface area contributed by atoms with Crippen molar-refractivity contribution in [1.29, 1.82) is 0 Å². The normalized spacial score (nSPS) is 29.1. The molecule has 0 bridgehead atoms. The fraction of sp³-hybridized carbons (Fsp3) is 0.520.